The predicted octanol–water partition coefficient (Wildman–Crippen LogP) is 2.01. The van der Waals surface area contributed by atoms with E-state index in [-0.39, 0.29) is 0 Å². The van der Waals surface area contributed by atoms with Crippen molar-refractivity contribution in [2.75, 3.05) is 44.2 Å². The topological polar surface area (TPSA) is 45.4 Å². The van der Waals surface area contributed by atoms with Crippen LogP contribution in [0.3, 0.4) is 0 Å². The quantitative estimate of drug-likeness (QED) is 0.935. The SMILES string of the molecule is CC(CN)CN1CCN(c2nc3ccccc3s2)CC1. The molecule has 5 heteroatoms. The summed E-state index contributed by atoms with van der Waals surface area (Å²) in [6.07, 6.45) is 0. The van der Waals surface area contributed by atoms with Gasteiger partial charge in [0, 0.05) is 32.7 Å². The number of nitrogens with two attached hydrogens (primary N) is 1. The molecule has 0 amide bonds. The summed E-state index contributed by atoms with van der Waals surface area (Å²) in [6.45, 7) is 8.47. The average molecular weight is 290 g/mol. The lowest BCUT2D eigenvalue weighted by molar-refractivity contribution is 0.227. The Morgan fingerprint density at radius 3 is 2.70 bits per heavy atom. The molecule has 20 heavy (non-hydrogen) atoms. The summed E-state index contributed by atoms with van der Waals surface area (Å²) in [7, 11) is 0. The molecule has 108 valence electrons. The van der Waals surface area contributed by atoms with Crippen molar-refractivity contribution in [1.82, 2.24) is 9.88 Å². The van der Waals surface area contributed by atoms with Crippen molar-refractivity contribution >= 4 is 26.7 Å². The Kier molecular flexibility index (Phi) is 4.19. The van der Waals surface area contributed by atoms with Crippen LogP contribution < -0.4 is 10.6 Å². The highest BCUT2D eigenvalue weighted by Crippen LogP contribution is 2.29. The normalized spacial score (nSPS) is 18.6. The lowest BCUT2D eigenvalue weighted by Crippen LogP contribution is -2.48. The Morgan fingerprint density at radius 1 is 1.25 bits per heavy atom. The number of hydrogen-bond donors (Lipinski definition) is 1. The molecule has 1 saturated heterocycles. The second-order valence-electron chi connectivity index (χ2n) is 5.59. The zero-order valence-corrected chi connectivity index (χ0v) is 12.8. The van der Waals surface area contributed by atoms with E-state index in [2.05, 4.69) is 41.0 Å². The van der Waals surface area contributed by atoms with Crippen LogP contribution in [0.15, 0.2) is 24.3 Å². The minimum absolute atomic E-state index is 0.587. The van der Waals surface area contributed by atoms with Crippen LogP contribution in [0.4, 0.5) is 5.13 Å². The molecule has 2 aromatic rings. The maximum Gasteiger partial charge on any atom is 0.186 e. The van der Waals surface area contributed by atoms with Crippen molar-refractivity contribution in [1.29, 1.82) is 0 Å². The van der Waals surface area contributed by atoms with E-state index in [1.165, 1.54) is 4.70 Å². The predicted molar refractivity (Wildman–Crippen MR) is 86.5 cm³/mol. The monoisotopic (exact) mass is 290 g/mol. The minimum atomic E-state index is 0.587. The smallest absolute Gasteiger partial charge is 0.186 e. The standard InChI is InChI=1S/C15H22N4S/c1-12(10-16)11-18-6-8-19(9-7-18)15-17-13-4-2-3-5-14(13)20-15/h2-5,12H,6-11,16H2,1H3. The van der Waals surface area contributed by atoms with E-state index in [0.717, 1.165) is 49.9 Å². The van der Waals surface area contributed by atoms with Crippen LogP contribution in [-0.4, -0.2) is 49.2 Å². The van der Waals surface area contributed by atoms with Gasteiger partial charge in [0.25, 0.3) is 0 Å². The number of piperazine rings is 1. The summed E-state index contributed by atoms with van der Waals surface area (Å²) in [5.74, 6) is 0.587. The number of para-hydroxylation sites is 1. The first-order chi connectivity index (χ1) is 9.76. The first-order valence-corrected chi connectivity index (χ1v) is 8.11. The van der Waals surface area contributed by atoms with Crippen LogP contribution in [-0.2, 0) is 0 Å². The van der Waals surface area contributed by atoms with E-state index in [4.69, 9.17) is 10.7 Å². The summed E-state index contributed by atoms with van der Waals surface area (Å²) in [4.78, 5) is 9.67. The maximum atomic E-state index is 5.71. The van der Waals surface area contributed by atoms with Gasteiger partial charge < -0.3 is 10.6 Å². The van der Waals surface area contributed by atoms with Crippen molar-refractivity contribution in [3.8, 4) is 0 Å². The lowest BCUT2D eigenvalue weighted by Gasteiger charge is -2.35. The zero-order chi connectivity index (χ0) is 13.9. The Bertz CT molecular complexity index is 527. The first-order valence-electron chi connectivity index (χ1n) is 7.29. The van der Waals surface area contributed by atoms with Gasteiger partial charge in [-0.05, 0) is 24.6 Å². The average Bonchev–Trinajstić information content (AvgIpc) is 2.91. The maximum absolute atomic E-state index is 5.71. The molecule has 2 N–H and O–H groups in total. The van der Waals surface area contributed by atoms with Crippen LogP contribution in [0.25, 0.3) is 10.2 Å². The van der Waals surface area contributed by atoms with Gasteiger partial charge in [0.2, 0.25) is 0 Å². The Balaban J connectivity index is 1.63. The van der Waals surface area contributed by atoms with Crippen molar-refractivity contribution in [3.05, 3.63) is 24.3 Å². The van der Waals surface area contributed by atoms with Gasteiger partial charge in [-0.1, -0.05) is 30.4 Å². The highest BCUT2D eigenvalue weighted by molar-refractivity contribution is 7.22. The van der Waals surface area contributed by atoms with Crippen molar-refractivity contribution in [2.45, 2.75) is 6.92 Å². The Labute approximate surface area is 124 Å². The molecule has 1 aliphatic heterocycles. The van der Waals surface area contributed by atoms with Crippen LogP contribution in [0.1, 0.15) is 6.92 Å². The number of rotatable bonds is 4. The second-order valence-corrected chi connectivity index (χ2v) is 6.60. The molecular formula is C15H22N4S. The number of nitrogens with zero attached hydrogens (tertiary/aromatic N) is 3. The van der Waals surface area contributed by atoms with Crippen LogP contribution in [0.5, 0.6) is 0 Å². The minimum Gasteiger partial charge on any atom is -0.345 e. The lowest BCUT2D eigenvalue weighted by atomic mass is 10.1. The molecule has 0 saturated carbocycles. The highest BCUT2D eigenvalue weighted by atomic mass is 32.1. The molecule has 0 radical (unpaired) electrons. The second kappa shape index (κ2) is 6.08. The van der Waals surface area contributed by atoms with Crippen molar-refractivity contribution in [3.63, 3.8) is 0 Å². The van der Waals surface area contributed by atoms with Gasteiger partial charge >= 0.3 is 0 Å². The van der Waals surface area contributed by atoms with Gasteiger partial charge in [-0.15, -0.1) is 0 Å². The third-order valence-corrected chi connectivity index (χ3v) is 4.99. The van der Waals surface area contributed by atoms with Gasteiger partial charge in [-0.3, -0.25) is 4.90 Å². The molecule has 0 bridgehead atoms. The largest absolute Gasteiger partial charge is 0.345 e. The number of hydrogen-bond acceptors (Lipinski definition) is 5. The molecule has 0 aliphatic carbocycles. The molecule has 3 rings (SSSR count). The van der Waals surface area contributed by atoms with E-state index in [1.54, 1.807) is 11.3 Å². The number of thiazole rings is 1. The molecule has 1 unspecified atom stereocenters. The summed E-state index contributed by atoms with van der Waals surface area (Å²) in [6, 6.07) is 8.37. The molecule has 2 heterocycles. The number of anilines is 1. The van der Waals surface area contributed by atoms with E-state index < -0.39 is 0 Å². The number of fused-ring (bicyclic) bond motifs is 1. The fraction of sp³-hybridized carbons (Fsp3) is 0.533. The fourth-order valence-electron chi connectivity index (χ4n) is 2.63. The van der Waals surface area contributed by atoms with Crippen LogP contribution in [0, 0.1) is 5.92 Å². The summed E-state index contributed by atoms with van der Waals surface area (Å²) >= 11 is 1.80. The first kappa shape index (κ1) is 13.8. The van der Waals surface area contributed by atoms with Gasteiger partial charge in [0.1, 0.15) is 0 Å². The van der Waals surface area contributed by atoms with Crippen molar-refractivity contribution in [2.24, 2.45) is 11.7 Å². The Hall–Kier alpha value is -1.17. The third-order valence-electron chi connectivity index (χ3n) is 3.90. The molecule has 1 atom stereocenters. The van der Waals surface area contributed by atoms with E-state index in [9.17, 15) is 0 Å². The molecule has 1 fully saturated rings. The summed E-state index contributed by atoms with van der Waals surface area (Å²) in [5.41, 5.74) is 6.82. The van der Waals surface area contributed by atoms with Crippen molar-refractivity contribution < 1.29 is 0 Å². The third kappa shape index (κ3) is 2.95. The summed E-state index contributed by atoms with van der Waals surface area (Å²) < 4.78 is 1.28. The highest BCUT2D eigenvalue weighted by Gasteiger charge is 2.20. The molecule has 0 spiro atoms. The van der Waals surface area contributed by atoms with Gasteiger partial charge in [-0.25, -0.2) is 4.98 Å². The van der Waals surface area contributed by atoms with E-state index in [0.29, 0.717) is 5.92 Å². The van der Waals surface area contributed by atoms with Crippen LogP contribution >= 0.6 is 11.3 Å². The van der Waals surface area contributed by atoms with E-state index >= 15 is 0 Å². The molecule has 4 nitrogen and oxygen atoms in total. The molecular weight excluding hydrogens is 268 g/mol. The van der Waals surface area contributed by atoms with E-state index in [1.807, 2.05) is 0 Å². The Morgan fingerprint density at radius 2 is 2.00 bits per heavy atom. The number of benzene rings is 1. The molecule has 1 aromatic carbocycles. The fourth-order valence-corrected chi connectivity index (χ4v) is 3.65. The molecule has 1 aliphatic rings. The molecule has 1 aromatic heterocycles. The van der Waals surface area contributed by atoms with Gasteiger partial charge in [0.05, 0.1) is 10.2 Å². The van der Waals surface area contributed by atoms with Gasteiger partial charge in [-0.2, -0.15) is 0 Å². The summed E-state index contributed by atoms with van der Waals surface area (Å²) in [5, 5.41) is 1.16. The number of aromatic nitrogens is 1. The van der Waals surface area contributed by atoms with Gasteiger partial charge in [0.15, 0.2) is 5.13 Å². The van der Waals surface area contributed by atoms with Crippen LogP contribution in [0.2, 0.25) is 0 Å². The zero-order valence-electron chi connectivity index (χ0n) is 12.0.